The van der Waals surface area contributed by atoms with Gasteiger partial charge >= 0.3 is 0 Å². The van der Waals surface area contributed by atoms with Gasteiger partial charge in [-0.3, -0.25) is 0 Å². The van der Waals surface area contributed by atoms with Crippen LogP contribution in [-0.2, 0) is 0 Å². The number of hydrogen-bond acceptors (Lipinski definition) is 6. The van der Waals surface area contributed by atoms with Crippen molar-refractivity contribution < 1.29 is 0 Å². The third-order valence-electron chi connectivity index (χ3n) is 9.68. The Hall–Kier alpha value is 1.32. The second-order valence-electron chi connectivity index (χ2n) is 11.6. The van der Waals surface area contributed by atoms with E-state index in [1.54, 1.807) is 0 Å². The molecule has 1 saturated heterocycles. The molecule has 3 aliphatic carbocycles. The van der Waals surface area contributed by atoms with Crippen LogP contribution in [0.25, 0.3) is 0 Å². The first-order valence-electron chi connectivity index (χ1n) is 13.1. The minimum Gasteiger partial charge on any atom is -0.324 e. The molecule has 0 aromatic rings. The summed E-state index contributed by atoms with van der Waals surface area (Å²) in [6, 6.07) is 0. The van der Waals surface area contributed by atoms with E-state index in [2.05, 4.69) is 16.9 Å². The van der Waals surface area contributed by atoms with Crippen LogP contribution in [0.3, 0.4) is 0 Å². The lowest BCUT2D eigenvalue weighted by molar-refractivity contribution is 0.0469. The Morgan fingerprint density at radius 1 is 0.839 bits per heavy atom. The summed E-state index contributed by atoms with van der Waals surface area (Å²) in [4.78, 5) is 0. The second kappa shape index (κ2) is 10.9. The molecule has 0 aromatic heterocycles. The molecule has 4 fully saturated rings. The van der Waals surface area contributed by atoms with Crippen LogP contribution in [0.4, 0.5) is 0 Å². The van der Waals surface area contributed by atoms with Crippen LogP contribution in [0, 0.1) is 29.6 Å². The summed E-state index contributed by atoms with van der Waals surface area (Å²) in [7, 11) is 0. The van der Waals surface area contributed by atoms with Crippen LogP contribution in [0.15, 0.2) is 0 Å². The normalized spacial score (nSPS) is 47.9. The molecular weight excluding hydrogens is 457 g/mol. The fourth-order valence-electron chi connectivity index (χ4n) is 8.09. The predicted molar refractivity (Wildman–Crippen MR) is 148 cm³/mol. The number of fused-ring (bicyclic) bond motifs is 1. The Morgan fingerprint density at radius 3 is 2.19 bits per heavy atom. The Labute approximate surface area is 213 Å². The molecule has 4 aliphatic rings. The topological polar surface area (TPSA) is 29.3 Å². The number of hydrogen-bond donors (Lipinski definition) is 5. The van der Waals surface area contributed by atoms with Gasteiger partial charge in [0.2, 0.25) is 0 Å². The lowest BCUT2D eigenvalue weighted by Gasteiger charge is -2.49. The van der Waals surface area contributed by atoms with Crippen molar-refractivity contribution >= 4 is 50.7 Å². The van der Waals surface area contributed by atoms with Gasteiger partial charge < -0.3 is 5.73 Å². The van der Waals surface area contributed by atoms with Gasteiger partial charge in [-0.2, -0.15) is 37.9 Å². The van der Waals surface area contributed by atoms with E-state index in [1.807, 2.05) is 0 Å². The second-order valence-corrected chi connectivity index (χ2v) is 13.9. The summed E-state index contributed by atoms with van der Waals surface area (Å²) in [6.07, 6.45) is 19.5. The Bertz CT molecular complexity index is 590. The summed E-state index contributed by atoms with van der Waals surface area (Å²) in [5.74, 6) is 4.91. The predicted octanol–water partition coefficient (Wildman–Crippen LogP) is 6.67. The molecule has 31 heavy (non-hydrogen) atoms. The number of thiol groups is 4. The van der Waals surface area contributed by atoms with Crippen LogP contribution in [0.2, 0.25) is 0 Å². The van der Waals surface area contributed by atoms with Crippen LogP contribution < -0.4 is 5.73 Å². The third kappa shape index (κ3) is 5.44. The smallest absolute Gasteiger partial charge is 0.0653 e. The standard InChI is InChI=1S/C25H46N2S4/c26-24-13-4-2-1-3-7-19(12-14-28)23(29)27(31)17-25(24,30)16-21-11-6-9-18-8-5-10-20(15-24)22(18)21/h18-23,28-31H,1-17,26H2. The molecule has 8 atom stereocenters. The zero-order valence-electron chi connectivity index (χ0n) is 19.3. The van der Waals surface area contributed by atoms with E-state index in [1.165, 1.54) is 83.5 Å². The van der Waals surface area contributed by atoms with Gasteiger partial charge in [-0.15, -0.1) is 0 Å². The van der Waals surface area contributed by atoms with E-state index in [0.29, 0.717) is 5.92 Å². The van der Waals surface area contributed by atoms with E-state index < -0.39 is 0 Å². The van der Waals surface area contributed by atoms with Crippen LogP contribution in [-0.4, -0.2) is 32.3 Å². The van der Waals surface area contributed by atoms with Gasteiger partial charge in [0.15, 0.2) is 0 Å². The van der Waals surface area contributed by atoms with Gasteiger partial charge in [-0.05, 0) is 67.4 Å². The third-order valence-corrected chi connectivity index (χ3v) is 12.0. The molecule has 2 nitrogen and oxygen atoms in total. The number of rotatable bonds is 2. The average molecular weight is 503 g/mol. The zero-order chi connectivity index (χ0) is 22.1. The van der Waals surface area contributed by atoms with Gasteiger partial charge in [0.25, 0.3) is 0 Å². The van der Waals surface area contributed by atoms with Gasteiger partial charge in [0, 0.05) is 16.8 Å². The summed E-state index contributed by atoms with van der Waals surface area (Å²) in [5.41, 5.74) is 7.29. The molecule has 0 amide bonds. The average Bonchev–Trinajstić information content (AvgIpc) is 2.82. The lowest BCUT2D eigenvalue weighted by atomic mass is 9.60. The van der Waals surface area contributed by atoms with Crippen LogP contribution >= 0.6 is 50.7 Å². The molecule has 4 rings (SSSR count). The van der Waals surface area contributed by atoms with E-state index in [-0.39, 0.29) is 15.7 Å². The van der Waals surface area contributed by atoms with Gasteiger partial charge in [0.1, 0.15) is 0 Å². The first-order valence-corrected chi connectivity index (χ1v) is 15.1. The van der Waals surface area contributed by atoms with Crippen LogP contribution in [0.1, 0.15) is 96.3 Å². The van der Waals surface area contributed by atoms with Gasteiger partial charge in [-0.25, -0.2) is 4.31 Å². The number of nitrogens with zero attached hydrogens (tertiary/aromatic N) is 1. The molecular formula is C25H46N2S4. The summed E-state index contributed by atoms with van der Waals surface area (Å²) in [5, 5.41) is 0.146. The van der Waals surface area contributed by atoms with E-state index in [4.69, 9.17) is 43.8 Å². The minimum atomic E-state index is -0.202. The van der Waals surface area contributed by atoms with Crippen molar-refractivity contribution in [1.82, 2.24) is 4.31 Å². The number of nitrogens with two attached hydrogens (primary N) is 1. The molecule has 3 saturated carbocycles. The summed E-state index contributed by atoms with van der Waals surface area (Å²) < 4.78 is 2.02. The maximum absolute atomic E-state index is 7.50. The van der Waals surface area contributed by atoms with E-state index in [0.717, 1.165) is 48.8 Å². The Morgan fingerprint density at radius 2 is 1.48 bits per heavy atom. The van der Waals surface area contributed by atoms with Crippen LogP contribution in [0.5, 0.6) is 0 Å². The van der Waals surface area contributed by atoms with E-state index >= 15 is 0 Å². The molecule has 0 radical (unpaired) electrons. The summed E-state index contributed by atoms with van der Waals surface area (Å²) >= 11 is 20.2. The molecule has 2 N–H and O–H groups in total. The van der Waals surface area contributed by atoms with E-state index in [9.17, 15) is 0 Å². The highest BCUT2D eigenvalue weighted by Crippen LogP contribution is 2.57. The molecule has 0 spiro atoms. The fraction of sp³-hybridized carbons (Fsp3) is 1.00. The molecule has 180 valence electrons. The highest BCUT2D eigenvalue weighted by Gasteiger charge is 2.56. The lowest BCUT2D eigenvalue weighted by Crippen LogP contribution is -2.62. The van der Waals surface area contributed by atoms with Crippen molar-refractivity contribution in [2.45, 2.75) is 112 Å². The van der Waals surface area contributed by atoms with Gasteiger partial charge in [-0.1, -0.05) is 77.0 Å². The minimum absolute atomic E-state index is 0.146. The molecule has 6 heteroatoms. The first-order chi connectivity index (χ1) is 14.9. The highest BCUT2D eigenvalue weighted by atomic mass is 32.1. The van der Waals surface area contributed by atoms with Gasteiger partial charge in [0.05, 0.1) is 5.37 Å². The molecule has 1 heterocycles. The Balaban J connectivity index is 1.64. The van der Waals surface area contributed by atoms with Crippen molar-refractivity contribution in [3.63, 3.8) is 0 Å². The Kier molecular flexibility index (Phi) is 8.96. The highest BCUT2D eigenvalue weighted by molar-refractivity contribution is 7.83. The maximum atomic E-state index is 7.50. The summed E-state index contributed by atoms with van der Waals surface area (Å²) in [6.45, 7) is 0.841. The molecule has 0 aromatic carbocycles. The first kappa shape index (κ1) is 25.4. The molecule has 8 unspecified atom stereocenters. The van der Waals surface area contributed by atoms with Crippen molar-refractivity contribution in [3.05, 3.63) is 0 Å². The molecule has 1 aliphatic heterocycles. The SMILES string of the molecule is NC12CCCCCCC(CCS)C(S)N(S)CC1(S)CC1CCCC3CCCC(C2)C31. The zero-order valence-corrected chi connectivity index (χ0v) is 22.9. The van der Waals surface area contributed by atoms with Crippen molar-refractivity contribution in [2.75, 3.05) is 12.3 Å². The monoisotopic (exact) mass is 502 g/mol. The quantitative estimate of drug-likeness (QED) is 0.273. The largest absolute Gasteiger partial charge is 0.324 e. The molecule has 0 bridgehead atoms. The van der Waals surface area contributed by atoms with Crippen molar-refractivity contribution in [1.29, 1.82) is 0 Å². The maximum Gasteiger partial charge on any atom is 0.0653 e. The van der Waals surface area contributed by atoms with Crippen molar-refractivity contribution in [2.24, 2.45) is 35.3 Å². The fourth-order valence-corrected chi connectivity index (χ4v) is 9.94. The van der Waals surface area contributed by atoms with Crippen molar-refractivity contribution in [3.8, 4) is 0 Å².